The molecule has 1 unspecified atom stereocenters. The summed E-state index contributed by atoms with van der Waals surface area (Å²) in [6.45, 7) is 3.62. The molecule has 1 heterocycles. The molecule has 1 atom stereocenters. The summed E-state index contributed by atoms with van der Waals surface area (Å²) in [6, 6.07) is 0. The minimum atomic E-state index is -5.72. The largest absolute Gasteiger partial charge is 0.465 e. The van der Waals surface area contributed by atoms with Crippen LogP contribution >= 0.6 is 0 Å². The lowest BCUT2D eigenvalue weighted by atomic mass is 9.84. The minimum Gasteiger partial charge on any atom is -0.465 e. The van der Waals surface area contributed by atoms with Gasteiger partial charge in [0.15, 0.2) is 6.10 Å². The Labute approximate surface area is 138 Å². The number of hydrogen-bond donors (Lipinski definition) is 1. The van der Waals surface area contributed by atoms with Gasteiger partial charge in [0, 0.05) is 0 Å². The predicted molar refractivity (Wildman–Crippen MR) is 75.8 cm³/mol. The van der Waals surface area contributed by atoms with E-state index in [2.05, 4.69) is 4.74 Å². The minimum absolute atomic E-state index is 0.134. The van der Waals surface area contributed by atoms with Crippen LogP contribution in [0.15, 0.2) is 0 Å². The number of carbonyl (C=O) groups excluding carboxylic acids is 2. The summed E-state index contributed by atoms with van der Waals surface area (Å²) >= 11 is 0. The standard InChI is InChI=1S/C13H20F2O8S/c1-3-12(6-21-7-12)8-22-10(16)4-5-11(17)23-9(2)13(14,15)24(18,19)20/h9H,3-8H2,1-2H3,(H,18,19,20). The van der Waals surface area contributed by atoms with Gasteiger partial charge in [-0.05, 0) is 13.3 Å². The van der Waals surface area contributed by atoms with Crippen molar-refractivity contribution in [2.75, 3.05) is 19.8 Å². The Hall–Kier alpha value is -1.33. The quantitative estimate of drug-likeness (QED) is 0.472. The number of hydrogen-bond acceptors (Lipinski definition) is 7. The summed E-state index contributed by atoms with van der Waals surface area (Å²) in [5.41, 5.74) is -0.220. The Balaban J connectivity index is 2.36. The molecule has 24 heavy (non-hydrogen) atoms. The lowest BCUT2D eigenvalue weighted by Crippen LogP contribution is -2.46. The van der Waals surface area contributed by atoms with E-state index in [0.717, 1.165) is 6.42 Å². The molecule has 0 bridgehead atoms. The number of halogens is 2. The molecule has 140 valence electrons. The van der Waals surface area contributed by atoms with Crippen molar-refractivity contribution in [3.63, 3.8) is 0 Å². The Morgan fingerprint density at radius 1 is 1.29 bits per heavy atom. The zero-order valence-electron chi connectivity index (χ0n) is 13.3. The summed E-state index contributed by atoms with van der Waals surface area (Å²) in [7, 11) is -5.72. The van der Waals surface area contributed by atoms with Gasteiger partial charge in [-0.1, -0.05) is 6.92 Å². The molecule has 1 fully saturated rings. The summed E-state index contributed by atoms with van der Waals surface area (Å²) in [6.07, 6.45) is -2.60. The smallest absolute Gasteiger partial charge is 0.405 e. The number of carbonyl (C=O) groups is 2. The Morgan fingerprint density at radius 3 is 2.25 bits per heavy atom. The fourth-order valence-corrected chi connectivity index (χ4v) is 2.29. The molecule has 0 aromatic carbocycles. The molecule has 1 aliphatic heterocycles. The van der Waals surface area contributed by atoms with Gasteiger partial charge in [-0.15, -0.1) is 0 Å². The van der Waals surface area contributed by atoms with Gasteiger partial charge >= 0.3 is 27.3 Å². The molecule has 0 aromatic heterocycles. The molecule has 1 N–H and O–H groups in total. The first-order valence-electron chi connectivity index (χ1n) is 7.21. The second kappa shape index (κ2) is 7.70. The zero-order chi connectivity index (χ0) is 18.6. The second-order valence-electron chi connectivity index (χ2n) is 5.68. The Morgan fingerprint density at radius 2 is 1.83 bits per heavy atom. The highest BCUT2D eigenvalue weighted by atomic mass is 32.2. The average Bonchev–Trinajstić information content (AvgIpc) is 2.43. The Bertz CT molecular complexity index is 565. The third-order valence-corrected chi connectivity index (χ3v) is 4.78. The molecule has 1 rings (SSSR count). The number of ether oxygens (including phenoxy) is 3. The summed E-state index contributed by atoms with van der Waals surface area (Å²) in [5, 5.41) is -4.64. The topological polar surface area (TPSA) is 116 Å². The third kappa shape index (κ3) is 5.08. The highest BCUT2D eigenvalue weighted by molar-refractivity contribution is 7.86. The van der Waals surface area contributed by atoms with Crippen molar-refractivity contribution in [2.45, 2.75) is 44.5 Å². The van der Waals surface area contributed by atoms with Crippen LogP contribution < -0.4 is 0 Å². The molecule has 0 spiro atoms. The predicted octanol–water partition coefficient (Wildman–Crippen LogP) is 1.15. The van der Waals surface area contributed by atoms with Crippen molar-refractivity contribution in [3.05, 3.63) is 0 Å². The number of esters is 2. The first kappa shape index (κ1) is 20.7. The van der Waals surface area contributed by atoms with Gasteiger partial charge in [-0.2, -0.15) is 17.2 Å². The fraction of sp³-hybridized carbons (Fsp3) is 0.846. The van der Waals surface area contributed by atoms with Crippen LogP contribution in [0.1, 0.15) is 33.1 Å². The van der Waals surface area contributed by atoms with Gasteiger partial charge in [-0.25, -0.2) is 0 Å². The second-order valence-corrected chi connectivity index (χ2v) is 7.17. The van der Waals surface area contributed by atoms with Crippen LogP contribution in [-0.2, 0) is 33.9 Å². The van der Waals surface area contributed by atoms with E-state index in [0.29, 0.717) is 20.1 Å². The van der Waals surface area contributed by atoms with Crippen LogP contribution in [-0.4, -0.2) is 56.1 Å². The molecule has 1 aliphatic rings. The van der Waals surface area contributed by atoms with Gasteiger partial charge in [0.25, 0.3) is 0 Å². The molecule has 11 heteroatoms. The molecule has 0 amide bonds. The average molecular weight is 374 g/mol. The van der Waals surface area contributed by atoms with E-state index in [1.165, 1.54) is 0 Å². The fourth-order valence-electron chi connectivity index (χ4n) is 1.82. The lowest BCUT2D eigenvalue weighted by Gasteiger charge is -2.39. The first-order chi connectivity index (χ1) is 10.9. The van der Waals surface area contributed by atoms with Crippen LogP contribution in [0.3, 0.4) is 0 Å². The van der Waals surface area contributed by atoms with E-state index >= 15 is 0 Å². The van der Waals surface area contributed by atoms with Crippen LogP contribution in [0, 0.1) is 5.41 Å². The molecule has 1 saturated heterocycles. The highest BCUT2D eigenvalue weighted by Crippen LogP contribution is 2.31. The normalized spacial score (nSPS) is 18.4. The highest BCUT2D eigenvalue weighted by Gasteiger charge is 2.51. The zero-order valence-corrected chi connectivity index (χ0v) is 14.1. The van der Waals surface area contributed by atoms with Crippen molar-refractivity contribution in [3.8, 4) is 0 Å². The van der Waals surface area contributed by atoms with Crippen molar-refractivity contribution >= 4 is 22.1 Å². The molecular formula is C13H20F2O8S. The van der Waals surface area contributed by atoms with Crippen LogP contribution in [0.25, 0.3) is 0 Å². The maximum Gasteiger partial charge on any atom is 0.405 e. The van der Waals surface area contributed by atoms with Crippen molar-refractivity contribution in [1.82, 2.24) is 0 Å². The summed E-state index contributed by atoms with van der Waals surface area (Å²) in [4.78, 5) is 22.9. The van der Waals surface area contributed by atoms with Crippen LogP contribution in [0.2, 0.25) is 0 Å². The maximum absolute atomic E-state index is 13.2. The van der Waals surface area contributed by atoms with E-state index < -0.39 is 46.3 Å². The molecule has 0 radical (unpaired) electrons. The lowest BCUT2D eigenvalue weighted by molar-refractivity contribution is -0.172. The van der Waals surface area contributed by atoms with Crippen molar-refractivity contribution in [2.24, 2.45) is 5.41 Å². The van der Waals surface area contributed by atoms with E-state index in [1.54, 1.807) is 0 Å². The molecule has 0 saturated carbocycles. The van der Waals surface area contributed by atoms with E-state index in [-0.39, 0.29) is 12.0 Å². The summed E-state index contributed by atoms with van der Waals surface area (Å²) in [5.74, 6) is -1.92. The van der Waals surface area contributed by atoms with Crippen LogP contribution in [0.5, 0.6) is 0 Å². The van der Waals surface area contributed by atoms with E-state index in [1.807, 2.05) is 6.92 Å². The summed E-state index contributed by atoms with van der Waals surface area (Å²) < 4.78 is 70.1. The van der Waals surface area contributed by atoms with Gasteiger partial charge < -0.3 is 14.2 Å². The van der Waals surface area contributed by atoms with Gasteiger partial charge in [-0.3, -0.25) is 14.1 Å². The monoisotopic (exact) mass is 374 g/mol. The molecule has 0 aliphatic carbocycles. The first-order valence-corrected chi connectivity index (χ1v) is 8.65. The van der Waals surface area contributed by atoms with Gasteiger partial charge in [0.1, 0.15) is 6.61 Å². The van der Waals surface area contributed by atoms with Crippen LogP contribution in [0.4, 0.5) is 8.78 Å². The molecule has 0 aromatic rings. The van der Waals surface area contributed by atoms with Gasteiger partial charge in [0.2, 0.25) is 0 Å². The number of rotatable bonds is 9. The third-order valence-electron chi connectivity index (χ3n) is 3.76. The Kier molecular flexibility index (Phi) is 6.65. The van der Waals surface area contributed by atoms with Crippen molar-refractivity contribution < 1.29 is 45.6 Å². The molecular weight excluding hydrogens is 354 g/mol. The SMILES string of the molecule is CCC1(COC(=O)CCC(=O)OC(C)C(F)(F)S(=O)(=O)O)COC1. The van der Waals surface area contributed by atoms with E-state index in [4.69, 9.17) is 14.0 Å². The van der Waals surface area contributed by atoms with Gasteiger partial charge in [0.05, 0.1) is 31.5 Å². The maximum atomic E-state index is 13.2. The van der Waals surface area contributed by atoms with E-state index in [9.17, 15) is 26.8 Å². The number of alkyl halides is 2. The van der Waals surface area contributed by atoms with Crippen molar-refractivity contribution in [1.29, 1.82) is 0 Å². The molecule has 8 nitrogen and oxygen atoms in total.